The second kappa shape index (κ2) is 9.85. The van der Waals surface area contributed by atoms with Crippen LogP contribution in [0.5, 0.6) is 0 Å². The largest absolute Gasteiger partial charge is 0.335 e. The van der Waals surface area contributed by atoms with Gasteiger partial charge in [-0.2, -0.15) is 0 Å². The number of nitrogens with zero attached hydrogens (tertiary/aromatic N) is 2. The summed E-state index contributed by atoms with van der Waals surface area (Å²) in [5.41, 5.74) is 1.32. The molecule has 27 heavy (non-hydrogen) atoms. The maximum Gasteiger partial charge on any atom is 0.321 e. The molecule has 0 unspecified atom stereocenters. The van der Waals surface area contributed by atoms with E-state index in [4.69, 9.17) is 0 Å². The maximum absolute atomic E-state index is 12.4. The number of carbonyl (C=O) groups excluding carboxylic acids is 2. The summed E-state index contributed by atoms with van der Waals surface area (Å²) >= 11 is 0. The topological polar surface area (TPSA) is 64.7 Å². The molecule has 6 heteroatoms. The van der Waals surface area contributed by atoms with E-state index in [2.05, 4.69) is 44.7 Å². The molecule has 1 heterocycles. The number of benzene rings is 1. The Morgan fingerprint density at radius 3 is 2.37 bits per heavy atom. The lowest BCUT2D eigenvalue weighted by Crippen LogP contribution is -2.55. The average molecular weight is 373 g/mol. The second-order valence-electron chi connectivity index (χ2n) is 7.77. The molecule has 1 aliphatic heterocycles. The maximum atomic E-state index is 12.4. The van der Waals surface area contributed by atoms with E-state index >= 15 is 0 Å². The van der Waals surface area contributed by atoms with Crippen molar-refractivity contribution in [2.45, 2.75) is 57.7 Å². The molecule has 3 rings (SSSR count). The molecule has 2 fully saturated rings. The number of piperazine rings is 1. The summed E-state index contributed by atoms with van der Waals surface area (Å²) < 4.78 is 0. The van der Waals surface area contributed by atoms with Crippen molar-refractivity contribution in [3.63, 3.8) is 0 Å². The van der Waals surface area contributed by atoms with E-state index < -0.39 is 0 Å². The molecule has 6 nitrogen and oxygen atoms in total. The summed E-state index contributed by atoms with van der Waals surface area (Å²) in [5, 5.41) is 5.48. The van der Waals surface area contributed by atoms with Crippen molar-refractivity contribution >= 4 is 11.9 Å². The molecule has 1 saturated heterocycles. The number of carbonyl (C=O) groups is 2. The zero-order valence-electron chi connectivity index (χ0n) is 16.3. The molecular weight excluding hydrogens is 340 g/mol. The first-order valence-electron chi connectivity index (χ1n) is 10.2. The van der Waals surface area contributed by atoms with E-state index in [9.17, 15) is 9.59 Å². The van der Waals surface area contributed by atoms with E-state index in [0.29, 0.717) is 0 Å². The summed E-state index contributed by atoms with van der Waals surface area (Å²) in [6.45, 7) is 6.37. The number of amides is 3. The lowest BCUT2D eigenvalue weighted by Gasteiger charge is -2.37. The third-order valence-corrected chi connectivity index (χ3v) is 5.76. The van der Waals surface area contributed by atoms with Crippen LogP contribution in [-0.2, 0) is 11.3 Å². The van der Waals surface area contributed by atoms with Gasteiger partial charge in [-0.1, -0.05) is 49.6 Å². The Hall–Kier alpha value is -1.92. The molecule has 0 radical (unpaired) electrons. The Morgan fingerprint density at radius 2 is 1.70 bits per heavy atom. The number of nitrogens with one attached hydrogen (secondary N) is 2. The summed E-state index contributed by atoms with van der Waals surface area (Å²) in [4.78, 5) is 29.1. The van der Waals surface area contributed by atoms with Crippen molar-refractivity contribution in [1.29, 1.82) is 0 Å². The molecular formula is C21H32N4O2. The van der Waals surface area contributed by atoms with Crippen LogP contribution in [0.3, 0.4) is 0 Å². The van der Waals surface area contributed by atoms with Crippen LogP contribution in [0.25, 0.3) is 0 Å². The van der Waals surface area contributed by atoms with Gasteiger partial charge >= 0.3 is 6.03 Å². The Kier molecular flexibility index (Phi) is 7.24. The quantitative estimate of drug-likeness (QED) is 0.833. The van der Waals surface area contributed by atoms with E-state index in [1.165, 1.54) is 12.0 Å². The molecule has 0 spiro atoms. The third kappa shape index (κ3) is 6.04. The Balaban J connectivity index is 1.39. The van der Waals surface area contributed by atoms with E-state index in [-0.39, 0.29) is 24.0 Å². The number of urea groups is 1. The first kappa shape index (κ1) is 19.8. The van der Waals surface area contributed by atoms with Crippen LogP contribution in [0.1, 0.15) is 44.6 Å². The fourth-order valence-electron chi connectivity index (χ4n) is 4.00. The molecule has 1 saturated carbocycles. The summed E-state index contributed by atoms with van der Waals surface area (Å²) in [5.74, 6) is -0.209. The minimum absolute atomic E-state index is 0.209. The third-order valence-electron chi connectivity index (χ3n) is 5.76. The van der Waals surface area contributed by atoms with Gasteiger partial charge in [0.1, 0.15) is 0 Å². The molecule has 1 aliphatic carbocycles. The predicted octanol–water partition coefficient (Wildman–Crippen LogP) is 2.35. The van der Waals surface area contributed by atoms with Gasteiger partial charge < -0.3 is 5.32 Å². The molecule has 1 atom stereocenters. The van der Waals surface area contributed by atoms with Gasteiger partial charge in [0.15, 0.2) is 0 Å². The van der Waals surface area contributed by atoms with Crippen LogP contribution in [0, 0.1) is 0 Å². The average Bonchev–Trinajstić information content (AvgIpc) is 2.69. The molecule has 2 N–H and O–H groups in total. The molecule has 1 aromatic rings. The van der Waals surface area contributed by atoms with Crippen LogP contribution in [0.2, 0.25) is 0 Å². The summed E-state index contributed by atoms with van der Waals surface area (Å²) in [7, 11) is 0. The SMILES string of the molecule is C[C@@H](C(=O)NC(=O)NC1CCCCC1)N1CCN(Cc2ccccc2)CC1. The summed E-state index contributed by atoms with van der Waals surface area (Å²) in [6.07, 6.45) is 5.58. The standard InChI is InChI=1S/C21H32N4O2/c1-17(20(26)23-21(27)22-19-10-6-3-7-11-19)25-14-12-24(13-15-25)16-18-8-4-2-5-9-18/h2,4-5,8-9,17,19H,3,6-7,10-16H2,1H3,(H2,22,23,26,27)/t17-/m0/s1. The van der Waals surface area contributed by atoms with Gasteiger partial charge in [-0.25, -0.2) is 4.79 Å². The van der Waals surface area contributed by atoms with Gasteiger partial charge in [-0.3, -0.25) is 19.9 Å². The van der Waals surface area contributed by atoms with Crippen molar-refractivity contribution in [3.05, 3.63) is 35.9 Å². The highest BCUT2D eigenvalue weighted by Crippen LogP contribution is 2.17. The Morgan fingerprint density at radius 1 is 1.04 bits per heavy atom. The van der Waals surface area contributed by atoms with Crippen molar-refractivity contribution in [3.8, 4) is 0 Å². The van der Waals surface area contributed by atoms with Gasteiger partial charge in [0.25, 0.3) is 0 Å². The fourth-order valence-corrected chi connectivity index (χ4v) is 4.00. The first-order chi connectivity index (χ1) is 13.1. The highest BCUT2D eigenvalue weighted by Gasteiger charge is 2.27. The monoisotopic (exact) mass is 372 g/mol. The minimum atomic E-state index is -0.346. The van der Waals surface area contributed by atoms with Gasteiger partial charge in [-0.05, 0) is 25.3 Å². The molecule has 2 aliphatic rings. The van der Waals surface area contributed by atoms with Crippen molar-refractivity contribution in [2.75, 3.05) is 26.2 Å². The molecule has 148 valence electrons. The van der Waals surface area contributed by atoms with Crippen LogP contribution in [-0.4, -0.2) is 60.0 Å². The second-order valence-corrected chi connectivity index (χ2v) is 7.77. The fraction of sp³-hybridized carbons (Fsp3) is 0.619. The first-order valence-corrected chi connectivity index (χ1v) is 10.2. The van der Waals surface area contributed by atoms with Gasteiger partial charge in [0, 0.05) is 38.8 Å². The van der Waals surface area contributed by atoms with Crippen LogP contribution in [0.4, 0.5) is 4.79 Å². The van der Waals surface area contributed by atoms with Crippen molar-refractivity contribution in [1.82, 2.24) is 20.4 Å². The van der Waals surface area contributed by atoms with Crippen LogP contribution >= 0.6 is 0 Å². The lowest BCUT2D eigenvalue weighted by molar-refractivity contribution is -0.125. The predicted molar refractivity (Wildman–Crippen MR) is 106 cm³/mol. The molecule has 0 bridgehead atoms. The van der Waals surface area contributed by atoms with Crippen molar-refractivity contribution < 1.29 is 9.59 Å². The van der Waals surface area contributed by atoms with E-state index in [0.717, 1.165) is 58.4 Å². The normalized spacial score (nSPS) is 20.8. The Labute approximate surface area is 162 Å². The van der Waals surface area contributed by atoms with E-state index in [1.54, 1.807) is 0 Å². The lowest BCUT2D eigenvalue weighted by atomic mass is 9.96. The van der Waals surface area contributed by atoms with Gasteiger partial charge in [-0.15, -0.1) is 0 Å². The number of hydrogen-bond acceptors (Lipinski definition) is 4. The highest BCUT2D eigenvalue weighted by atomic mass is 16.2. The number of rotatable bonds is 5. The van der Waals surface area contributed by atoms with Gasteiger partial charge in [0.05, 0.1) is 6.04 Å². The smallest absolute Gasteiger partial charge is 0.321 e. The summed E-state index contributed by atoms with van der Waals surface area (Å²) in [6, 6.07) is 10.0. The van der Waals surface area contributed by atoms with Crippen LogP contribution in [0.15, 0.2) is 30.3 Å². The van der Waals surface area contributed by atoms with Crippen molar-refractivity contribution in [2.24, 2.45) is 0 Å². The minimum Gasteiger partial charge on any atom is -0.335 e. The molecule has 0 aromatic heterocycles. The van der Waals surface area contributed by atoms with E-state index in [1.807, 2.05) is 13.0 Å². The highest BCUT2D eigenvalue weighted by molar-refractivity contribution is 5.96. The Bertz CT molecular complexity index is 608. The number of hydrogen-bond donors (Lipinski definition) is 2. The van der Waals surface area contributed by atoms with Gasteiger partial charge in [0.2, 0.25) is 5.91 Å². The van der Waals surface area contributed by atoms with Crippen LogP contribution < -0.4 is 10.6 Å². The number of imide groups is 1. The molecule has 1 aromatic carbocycles. The zero-order chi connectivity index (χ0) is 19.1. The zero-order valence-corrected chi connectivity index (χ0v) is 16.3. The molecule has 3 amide bonds.